The topological polar surface area (TPSA) is 113 Å². The van der Waals surface area contributed by atoms with Gasteiger partial charge >= 0.3 is 11.9 Å². The molecule has 2 heterocycles. The average Bonchev–Trinajstić information content (AvgIpc) is 3.51. The fourth-order valence-corrected chi connectivity index (χ4v) is 6.00. The van der Waals surface area contributed by atoms with Gasteiger partial charge in [0.2, 0.25) is 0 Å². The average molecular weight is 689 g/mol. The molecule has 1 unspecified atom stereocenters. The van der Waals surface area contributed by atoms with Gasteiger partial charge in [-0.2, -0.15) is 4.73 Å². The van der Waals surface area contributed by atoms with Crippen LogP contribution in [0.1, 0.15) is 43.4 Å². The molecule has 0 spiro atoms. The number of ether oxygens (including phenoxy) is 4. The normalized spacial score (nSPS) is 12.4. The summed E-state index contributed by atoms with van der Waals surface area (Å²) in [6, 6.07) is 17.3. The summed E-state index contributed by atoms with van der Waals surface area (Å²) < 4.78 is 22.9. The summed E-state index contributed by atoms with van der Waals surface area (Å²) in [6.07, 6.45) is 1.63. The van der Waals surface area contributed by atoms with Gasteiger partial charge in [-0.05, 0) is 49.5 Å². The highest BCUT2D eigenvalue weighted by atomic mass is 35.5. The minimum atomic E-state index is -0.840. The summed E-state index contributed by atoms with van der Waals surface area (Å²) >= 11 is 14.0. The minimum absolute atomic E-state index is 0.0915. The number of methoxy groups -OCH3 is 2. The standard InChI is InChI=1S/C33H35Cl2N3O7S/c1-37(2)14-15-44-33(40)31(21-8-6-5-7-9-21)36-18-23-11-13-30(46-23)32(39)45-28(17-24-25(34)19-38(41)20-26(24)35)22-10-12-27(42-3)29(16-22)43-4/h5-13,16,19-20,28,31,36H,14-15,17-18H2,1-4H3/t28-,31?/m0/s1. The highest BCUT2D eigenvalue weighted by Crippen LogP contribution is 2.36. The van der Waals surface area contributed by atoms with Crippen molar-refractivity contribution in [3.8, 4) is 11.5 Å². The van der Waals surface area contributed by atoms with Gasteiger partial charge in [0.1, 0.15) is 33.7 Å². The second kappa shape index (κ2) is 16.6. The highest BCUT2D eigenvalue weighted by molar-refractivity contribution is 7.13. The van der Waals surface area contributed by atoms with E-state index in [1.807, 2.05) is 49.3 Å². The van der Waals surface area contributed by atoms with E-state index < -0.39 is 18.1 Å². The molecular formula is C33H35Cl2N3O7S. The van der Waals surface area contributed by atoms with Crippen molar-refractivity contribution < 1.29 is 33.3 Å². The molecule has 13 heteroatoms. The second-order valence-corrected chi connectivity index (χ2v) is 12.4. The lowest BCUT2D eigenvalue weighted by atomic mass is 10.0. The molecule has 244 valence electrons. The van der Waals surface area contributed by atoms with Crippen LogP contribution in [-0.2, 0) is 27.2 Å². The number of rotatable bonds is 15. The van der Waals surface area contributed by atoms with Crippen LogP contribution in [0.5, 0.6) is 11.5 Å². The maximum Gasteiger partial charge on any atom is 0.348 e. The van der Waals surface area contributed by atoms with Crippen LogP contribution < -0.4 is 19.5 Å². The maximum absolute atomic E-state index is 13.5. The van der Waals surface area contributed by atoms with Crippen molar-refractivity contribution in [2.75, 3.05) is 41.5 Å². The predicted octanol–water partition coefficient (Wildman–Crippen LogP) is 5.78. The summed E-state index contributed by atoms with van der Waals surface area (Å²) in [5.74, 6) is -0.00442. The first-order valence-corrected chi connectivity index (χ1v) is 15.8. The van der Waals surface area contributed by atoms with Crippen LogP contribution in [0.2, 0.25) is 10.0 Å². The summed E-state index contributed by atoms with van der Waals surface area (Å²) in [4.78, 5) is 29.6. The number of halogens is 2. The van der Waals surface area contributed by atoms with Crippen molar-refractivity contribution >= 4 is 46.5 Å². The molecule has 0 fully saturated rings. The number of hydrogen-bond acceptors (Lipinski definition) is 10. The molecule has 1 N–H and O–H groups in total. The molecule has 0 aliphatic rings. The second-order valence-electron chi connectivity index (χ2n) is 10.5. The van der Waals surface area contributed by atoms with E-state index in [1.165, 1.54) is 38.0 Å². The number of benzene rings is 2. The van der Waals surface area contributed by atoms with Crippen LogP contribution in [-0.4, -0.2) is 58.3 Å². The zero-order valence-electron chi connectivity index (χ0n) is 25.8. The number of carbonyl (C=O) groups is 2. The summed E-state index contributed by atoms with van der Waals surface area (Å²) in [6.45, 7) is 1.18. The van der Waals surface area contributed by atoms with Crippen LogP contribution in [0, 0.1) is 5.21 Å². The number of nitrogens with zero attached hydrogens (tertiary/aromatic N) is 2. The van der Waals surface area contributed by atoms with Gasteiger partial charge in [-0.1, -0.05) is 59.6 Å². The molecule has 0 aliphatic heterocycles. The number of thiophene rings is 1. The van der Waals surface area contributed by atoms with Crippen LogP contribution >= 0.6 is 34.5 Å². The van der Waals surface area contributed by atoms with Gasteiger partial charge in [0.25, 0.3) is 0 Å². The third-order valence-corrected chi connectivity index (χ3v) is 8.69. The first kappa shape index (κ1) is 35.0. The SMILES string of the molecule is COc1ccc([C@H](Cc2c(Cl)c[n+]([O-])cc2Cl)OC(=O)c2ccc(CNC(C(=O)OCCN(C)C)c3ccccc3)s2)cc1OC. The Balaban J connectivity index is 1.52. The van der Waals surface area contributed by atoms with Crippen LogP contribution in [0.25, 0.3) is 0 Å². The number of aromatic nitrogens is 1. The summed E-state index contributed by atoms with van der Waals surface area (Å²) in [7, 11) is 6.85. The number of hydrogen-bond donors (Lipinski definition) is 1. The molecule has 0 bridgehead atoms. The van der Waals surface area contributed by atoms with Crippen LogP contribution in [0.3, 0.4) is 0 Å². The van der Waals surface area contributed by atoms with Gasteiger partial charge in [0.15, 0.2) is 23.9 Å². The van der Waals surface area contributed by atoms with E-state index in [4.69, 9.17) is 42.1 Å². The van der Waals surface area contributed by atoms with Gasteiger partial charge in [0.05, 0.1) is 14.2 Å². The van der Waals surface area contributed by atoms with Crippen molar-refractivity contribution in [3.05, 3.63) is 115 Å². The molecule has 0 amide bonds. The quantitative estimate of drug-likeness (QED) is 0.0944. The number of pyridine rings is 1. The molecule has 2 aromatic carbocycles. The third-order valence-electron chi connectivity index (χ3n) is 6.97. The molecule has 46 heavy (non-hydrogen) atoms. The Morgan fingerprint density at radius 3 is 2.30 bits per heavy atom. The van der Waals surface area contributed by atoms with Gasteiger partial charge < -0.3 is 29.1 Å². The third kappa shape index (κ3) is 9.34. The Hall–Kier alpha value is -3.87. The Morgan fingerprint density at radius 2 is 1.65 bits per heavy atom. The van der Waals surface area contributed by atoms with E-state index in [1.54, 1.807) is 30.3 Å². The Morgan fingerprint density at radius 1 is 0.957 bits per heavy atom. The van der Waals surface area contributed by atoms with Crippen molar-refractivity contribution in [1.82, 2.24) is 10.2 Å². The van der Waals surface area contributed by atoms with Crippen LogP contribution in [0.15, 0.2) is 73.1 Å². The maximum atomic E-state index is 13.5. The number of nitrogens with one attached hydrogen (secondary N) is 1. The molecule has 0 aliphatic carbocycles. The van der Waals surface area contributed by atoms with Crippen molar-refractivity contribution in [1.29, 1.82) is 0 Å². The largest absolute Gasteiger partial charge is 0.619 e. The van der Waals surface area contributed by atoms with E-state index in [-0.39, 0.29) is 29.0 Å². The zero-order chi connectivity index (χ0) is 33.2. The van der Waals surface area contributed by atoms with E-state index in [0.717, 1.165) is 10.4 Å². The smallest absolute Gasteiger partial charge is 0.348 e. The van der Waals surface area contributed by atoms with Gasteiger partial charge in [0, 0.05) is 30.0 Å². The predicted molar refractivity (Wildman–Crippen MR) is 177 cm³/mol. The molecular weight excluding hydrogens is 653 g/mol. The summed E-state index contributed by atoms with van der Waals surface area (Å²) in [5.41, 5.74) is 1.82. The lowest BCUT2D eigenvalue weighted by Crippen LogP contribution is -2.31. The Bertz CT molecular complexity index is 1610. The molecule has 10 nitrogen and oxygen atoms in total. The van der Waals surface area contributed by atoms with Gasteiger partial charge in [-0.15, -0.1) is 11.3 Å². The van der Waals surface area contributed by atoms with Gasteiger partial charge in [-0.3, -0.25) is 5.32 Å². The first-order chi connectivity index (χ1) is 22.1. The molecule has 0 radical (unpaired) electrons. The zero-order valence-corrected chi connectivity index (χ0v) is 28.2. The van der Waals surface area contributed by atoms with E-state index in [2.05, 4.69) is 5.32 Å². The van der Waals surface area contributed by atoms with E-state index in [0.29, 0.717) is 45.3 Å². The highest BCUT2D eigenvalue weighted by Gasteiger charge is 2.26. The first-order valence-electron chi connectivity index (χ1n) is 14.3. The van der Waals surface area contributed by atoms with Crippen molar-refractivity contribution in [2.24, 2.45) is 0 Å². The monoisotopic (exact) mass is 687 g/mol. The van der Waals surface area contributed by atoms with Crippen LogP contribution in [0.4, 0.5) is 0 Å². The van der Waals surface area contributed by atoms with E-state index in [9.17, 15) is 14.8 Å². The molecule has 2 atom stereocenters. The molecule has 4 aromatic rings. The lowest BCUT2D eigenvalue weighted by Gasteiger charge is -2.20. The van der Waals surface area contributed by atoms with Crippen molar-refractivity contribution in [3.63, 3.8) is 0 Å². The fourth-order valence-electron chi connectivity index (χ4n) is 4.56. The molecule has 4 rings (SSSR count). The van der Waals surface area contributed by atoms with Gasteiger partial charge in [-0.25, -0.2) is 9.59 Å². The molecule has 0 saturated heterocycles. The number of likely N-dealkylation sites (N-methyl/N-ethyl adjacent to an activating group) is 1. The number of carbonyl (C=O) groups excluding carboxylic acids is 2. The van der Waals surface area contributed by atoms with Crippen molar-refractivity contribution in [2.45, 2.75) is 25.1 Å². The lowest BCUT2D eigenvalue weighted by molar-refractivity contribution is -0.605. The van der Waals surface area contributed by atoms with E-state index >= 15 is 0 Å². The fraction of sp³-hybridized carbons (Fsp3) is 0.303. The summed E-state index contributed by atoms with van der Waals surface area (Å²) in [5, 5.41) is 15.4. The minimum Gasteiger partial charge on any atom is -0.619 e. The Kier molecular flexibility index (Phi) is 12.6. The molecule has 2 aromatic heterocycles. The Labute approximate surface area is 281 Å². The number of esters is 2. The molecule has 0 saturated carbocycles.